The molecule has 1 aromatic heterocycles. The minimum Gasteiger partial charge on any atom is -0.464 e. The highest BCUT2D eigenvalue weighted by molar-refractivity contribution is 6.08. The Morgan fingerprint density at radius 3 is 2.24 bits per heavy atom. The van der Waals surface area contributed by atoms with Gasteiger partial charge in [-0.15, -0.1) is 0 Å². The van der Waals surface area contributed by atoms with Crippen molar-refractivity contribution < 1.29 is 14.0 Å². The summed E-state index contributed by atoms with van der Waals surface area (Å²) in [6, 6.07) is 21.6. The lowest BCUT2D eigenvalue weighted by Gasteiger charge is -2.07. The maximum atomic E-state index is 12.4. The van der Waals surface area contributed by atoms with Crippen LogP contribution in [0, 0.1) is 0 Å². The summed E-state index contributed by atoms with van der Waals surface area (Å²) in [6.45, 7) is 0.780. The lowest BCUT2D eigenvalue weighted by molar-refractivity contribution is -0.122. The highest BCUT2D eigenvalue weighted by atomic mass is 16.3. The fourth-order valence-electron chi connectivity index (χ4n) is 3.49. The first-order valence-electron chi connectivity index (χ1n) is 9.66. The molecule has 5 nitrogen and oxygen atoms in total. The molecule has 0 unspecified atom stereocenters. The molecule has 0 saturated heterocycles. The largest absolute Gasteiger partial charge is 0.464 e. The predicted octanol–water partition coefficient (Wildman–Crippen LogP) is 3.60. The van der Waals surface area contributed by atoms with Gasteiger partial charge in [0.2, 0.25) is 11.8 Å². The average molecular weight is 386 g/mol. The van der Waals surface area contributed by atoms with Gasteiger partial charge in [-0.05, 0) is 22.4 Å². The summed E-state index contributed by atoms with van der Waals surface area (Å²) in [5, 5.41) is 8.86. The van der Waals surface area contributed by atoms with Crippen molar-refractivity contribution in [1.29, 1.82) is 0 Å². The zero-order chi connectivity index (χ0) is 20.1. The van der Waals surface area contributed by atoms with Crippen molar-refractivity contribution in [2.75, 3.05) is 13.1 Å². The van der Waals surface area contributed by atoms with Gasteiger partial charge in [-0.1, -0.05) is 60.7 Å². The molecule has 0 saturated carbocycles. The molecule has 0 aliphatic carbocycles. The van der Waals surface area contributed by atoms with E-state index in [1.807, 2.05) is 66.7 Å². The van der Waals surface area contributed by atoms with Gasteiger partial charge in [-0.25, -0.2) is 0 Å². The molecule has 5 heteroatoms. The SMILES string of the molecule is O=C(Cc1ccccc1)NCCNC(=O)Cc1coc2ccc3ccccc3c12. The fourth-order valence-corrected chi connectivity index (χ4v) is 3.49. The van der Waals surface area contributed by atoms with Crippen LogP contribution in [-0.4, -0.2) is 24.9 Å². The number of benzene rings is 3. The van der Waals surface area contributed by atoms with E-state index < -0.39 is 0 Å². The molecule has 0 aliphatic heterocycles. The first-order valence-corrected chi connectivity index (χ1v) is 9.66. The van der Waals surface area contributed by atoms with Crippen molar-refractivity contribution in [3.8, 4) is 0 Å². The molecule has 2 amide bonds. The Labute approximate surface area is 168 Å². The second-order valence-corrected chi connectivity index (χ2v) is 6.96. The molecule has 0 spiro atoms. The van der Waals surface area contributed by atoms with Crippen molar-refractivity contribution in [2.24, 2.45) is 0 Å². The molecule has 0 aliphatic rings. The van der Waals surface area contributed by atoms with E-state index in [-0.39, 0.29) is 18.2 Å². The molecule has 0 radical (unpaired) electrons. The summed E-state index contributed by atoms with van der Waals surface area (Å²) in [5.41, 5.74) is 2.61. The fraction of sp³-hybridized carbons (Fsp3) is 0.167. The Kier molecular flexibility index (Phi) is 5.56. The summed E-state index contributed by atoms with van der Waals surface area (Å²) in [6.07, 6.45) is 2.22. The molecule has 0 atom stereocenters. The highest BCUT2D eigenvalue weighted by Gasteiger charge is 2.13. The molecule has 146 valence electrons. The Morgan fingerprint density at radius 1 is 0.759 bits per heavy atom. The van der Waals surface area contributed by atoms with Crippen LogP contribution in [0.5, 0.6) is 0 Å². The van der Waals surface area contributed by atoms with Gasteiger partial charge in [0.15, 0.2) is 0 Å². The third-order valence-corrected chi connectivity index (χ3v) is 4.87. The Balaban J connectivity index is 1.30. The van der Waals surface area contributed by atoms with E-state index >= 15 is 0 Å². The van der Waals surface area contributed by atoms with Crippen molar-refractivity contribution in [3.05, 3.63) is 84.1 Å². The number of furan rings is 1. The topological polar surface area (TPSA) is 71.3 Å². The number of fused-ring (bicyclic) bond motifs is 3. The van der Waals surface area contributed by atoms with Crippen molar-refractivity contribution >= 4 is 33.6 Å². The standard InChI is InChI=1S/C24H22N2O3/c27-22(14-17-6-2-1-3-7-17)25-12-13-26-23(28)15-19-16-29-21-11-10-18-8-4-5-9-20(18)24(19)21/h1-11,16H,12-15H2,(H,25,27)(H,26,28). The lowest BCUT2D eigenvalue weighted by atomic mass is 10.0. The number of nitrogens with one attached hydrogen (secondary N) is 2. The molecule has 4 aromatic rings. The monoisotopic (exact) mass is 386 g/mol. The first-order chi connectivity index (χ1) is 14.2. The molecular formula is C24H22N2O3. The smallest absolute Gasteiger partial charge is 0.224 e. The van der Waals surface area contributed by atoms with Crippen molar-refractivity contribution in [1.82, 2.24) is 10.6 Å². The highest BCUT2D eigenvalue weighted by Crippen LogP contribution is 2.30. The number of rotatable bonds is 7. The second kappa shape index (κ2) is 8.61. The number of hydrogen-bond acceptors (Lipinski definition) is 3. The van der Waals surface area contributed by atoms with Crippen molar-refractivity contribution in [2.45, 2.75) is 12.8 Å². The summed E-state index contributed by atoms with van der Waals surface area (Å²) < 4.78 is 5.63. The number of carbonyl (C=O) groups excluding carboxylic acids is 2. The van der Waals surface area contributed by atoms with Crippen LogP contribution in [0.1, 0.15) is 11.1 Å². The van der Waals surface area contributed by atoms with Crippen LogP contribution in [0.3, 0.4) is 0 Å². The number of hydrogen-bond donors (Lipinski definition) is 2. The summed E-state index contributed by atoms with van der Waals surface area (Å²) >= 11 is 0. The minimum absolute atomic E-state index is 0.0576. The van der Waals surface area contributed by atoms with Crippen LogP contribution in [0.2, 0.25) is 0 Å². The van der Waals surface area contributed by atoms with Gasteiger partial charge in [0.25, 0.3) is 0 Å². The predicted molar refractivity (Wildman–Crippen MR) is 114 cm³/mol. The molecule has 0 bridgehead atoms. The molecular weight excluding hydrogens is 364 g/mol. The van der Waals surface area contributed by atoms with Crippen LogP contribution in [0.25, 0.3) is 21.7 Å². The Bertz CT molecular complexity index is 1150. The maximum absolute atomic E-state index is 12.4. The van der Waals surface area contributed by atoms with Crippen LogP contribution in [-0.2, 0) is 22.4 Å². The third-order valence-electron chi connectivity index (χ3n) is 4.87. The summed E-state index contributed by atoms with van der Waals surface area (Å²) in [5.74, 6) is -0.157. The van der Waals surface area contributed by atoms with Crippen LogP contribution >= 0.6 is 0 Å². The molecule has 1 heterocycles. The zero-order valence-corrected chi connectivity index (χ0v) is 16.0. The van der Waals surface area contributed by atoms with Gasteiger partial charge >= 0.3 is 0 Å². The Hall–Kier alpha value is -3.60. The summed E-state index contributed by atoms with van der Waals surface area (Å²) in [4.78, 5) is 24.3. The van der Waals surface area contributed by atoms with Gasteiger partial charge in [0.1, 0.15) is 5.58 Å². The van der Waals surface area contributed by atoms with Crippen LogP contribution in [0.15, 0.2) is 77.4 Å². The van der Waals surface area contributed by atoms with Gasteiger partial charge < -0.3 is 15.1 Å². The third kappa shape index (κ3) is 4.46. The van der Waals surface area contributed by atoms with Crippen LogP contribution < -0.4 is 10.6 Å². The van der Waals surface area contributed by atoms with Gasteiger partial charge in [-0.3, -0.25) is 9.59 Å². The molecule has 29 heavy (non-hydrogen) atoms. The number of amides is 2. The van der Waals surface area contributed by atoms with E-state index in [9.17, 15) is 9.59 Å². The molecule has 4 rings (SSSR count). The quantitative estimate of drug-likeness (QED) is 0.477. The Morgan fingerprint density at radius 2 is 1.45 bits per heavy atom. The lowest BCUT2D eigenvalue weighted by Crippen LogP contribution is -2.35. The van der Waals surface area contributed by atoms with E-state index in [0.717, 1.165) is 32.9 Å². The summed E-state index contributed by atoms with van der Waals surface area (Å²) in [7, 11) is 0. The molecule has 2 N–H and O–H groups in total. The van der Waals surface area contributed by atoms with E-state index in [0.29, 0.717) is 19.5 Å². The molecule has 0 fully saturated rings. The number of carbonyl (C=O) groups is 2. The van der Waals surface area contributed by atoms with Gasteiger partial charge in [-0.2, -0.15) is 0 Å². The van der Waals surface area contributed by atoms with E-state index in [2.05, 4.69) is 10.6 Å². The van der Waals surface area contributed by atoms with E-state index in [1.54, 1.807) is 6.26 Å². The maximum Gasteiger partial charge on any atom is 0.224 e. The first kappa shape index (κ1) is 18.7. The second-order valence-electron chi connectivity index (χ2n) is 6.96. The van der Waals surface area contributed by atoms with Crippen molar-refractivity contribution in [3.63, 3.8) is 0 Å². The van der Waals surface area contributed by atoms with Crippen LogP contribution in [0.4, 0.5) is 0 Å². The normalized spacial score (nSPS) is 10.9. The average Bonchev–Trinajstić information content (AvgIpc) is 3.15. The molecule has 3 aromatic carbocycles. The van der Waals surface area contributed by atoms with Gasteiger partial charge in [0, 0.05) is 24.0 Å². The van der Waals surface area contributed by atoms with E-state index in [4.69, 9.17) is 4.42 Å². The zero-order valence-electron chi connectivity index (χ0n) is 16.0. The van der Waals surface area contributed by atoms with E-state index in [1.165, 1.54) is 0 Å². The van der Waals surface area contributed by atoms with Gasteiger partial charge in [0.05, 0.1) is 19.1 Å². The minimum atomic E-state index is -0.0991.